The van der Waals surface area contributed by atoms with Crippen molar-refractivity contribution in [3.63, 3.8) is 0 Å². The van der Waals surface area contributed by atoms with Crippen molar-refractivity contribution in [1.82, 2.24) is 5.32 Å². The van der Waals surface area contributed by atoms with E-state index in [-0.39, 0.29) is 11.7 Å². The van der Waals surface area contributed by atoms with Crippen molar-refractivity contribution in [2.75, 3.05) is 18.5 Å². The van der Waals surface area contributed by atoms with Crippen LogP contribution in [0.5, 0.6) is 5.75 Å². The number of anilines is 1. The van der Waals surface area contributed by atoms with E-state index in [1.165, 1.54) is 12.8 Å². The lowest BCUT2D eigenvalue weighted by Gasteiger charge is -2.17. The number of carbonyl (C=O) groups is 1. The lowest BCUT2D eigenvalue weighted by atomic mass is 10.3. The molecule has 0 unspecified atom stereocenters. The van der Waals surface area contributed by atoms with Crippen molar-refractivity contribution in [2.45, 2.75) is 18.9 Å². The van der Waals surface area contributed by atoms with Gasteiger partial charge in [0.1, 0.15) is 5.75 Å². The normalized spacial score (nSPS) is 14.8. The quantitative estimate of drug-likeness (QED) is 0.799. The predicted molar refractivity (Wildman–Crippen MR) is 62.5 cm³/mol. The van der Waals surface area contributed by atoms with Gasteiger partial charge in [-0.3, -0.25) is 4.79 Å². The van der Waals surface area contributed by atoms with E-state index in [0.717, 1.165) is 5.69 Å². The third-order valence-electron chi connectivity index (χ3n) is 2.73. The molecule has 1 fully saturated rings. The number of nitrogens with one attached hydrogen (secondary N) is 1. The summed E-state index contributed by atoms with van der Waals surface area (Å²) in [6, 6.07) is 7.15. The molecule has 0 saturated heterocycles. The van der Waals surface area contributed by atoms with Crippen molar-refractivity contribution in [2.24, 2.45) is 0 Å². The summed E-state index contributed by atoms with van der Waals surface area (Å²) in [6.07, 6.45) is 2.35. The van der Waals surface area contributed by atoms with Gasteiger partial charge in [-0.2, -0.15) is 0 Å². The molecule has 1 amide bonds. The number of benzene rings is 1. The zero-order chi connectivity index (χ0) is 11.5. The number of amides is 1. The second kappa shape index (κ2) is 4.53. The van der Waals surface area contributed by atoms with Gasteiger partial charge in [0.15, 0.2) is 0 Å². The van der Waals surface area contributed by atoms with Crippen LogP contribution in [0.25, 0.3) is 0 Å². The Balaban J connectivity index is 1.91. The SMILES string of the molecule is CN(C(=O)CNC1CC1)c1ccc(O)cc1. The minimum atomic E-state index is 0.0394. The summed E-state index contributed by atoms with van der Waals surface area (Å²) in [5.41, 5.74) is 0.792. The Morgan fingerprint density at radius 2 is 2.06 bits per heavy atom. The standard InChI is InChI=1S/C12H16N2O2/c1-14(10-4-6-11(15)7-5-10)12(16)8-13-9-2-3-9/h4-7,9,13,15H,2-3,8H2,1H3. The van der Waals surface area contributed by atoms with E-state index in [0.29, 0.717) is 12.6 Å². The van der Waals surface area contributed by atoms with E-state index < -0.39 is 0 Å². The second-order valence-corrected chi connectivity index (χ2v) is 4.12. The zero-order valence-corrected chi connectivity index (χ0v) is 9.31. The summed E-state index contributed by atoms with van der Waals surface area (Å²) in [5, 5.41) is 12.3. The van der Waals surface area contributed by atoms with Gasteiger partial charge in [-0.15, -0.1) is 0 Å². The van der Waals surface area contributed by atoms with Crippen LogP contribution in [0.3, 0.4) is 0 Å². The Bertz CT molecular complexity index is 371. The molecule has 1 saturated carbocycles. The van der Waals surface area contributed by atoms with Crippen LogP contribution in [0.2, 0.25) is 0 Å². The molecule has 2 N–H and O–H groups in total. The number of hydrogen-bond donors (Lipinski definition) is 2. The summed E-state index contributed by atoms with van der Waals surface area (Å²) in [4.78, 5) is 13.4. The summed E-state index contributed by atoms with van der Waals surface area (Å²) >= 11 is 0. The lowest BCUT2D eigenvalue weighted by Crippen LogP contribution is -2.36. The monoisotopic (exact) mass is 220 g/mol. The van der Waals surface area contributed by atoms with E-state index in [1.54, 1.807) is 36.2 Å². The fraction of sp³-hybridized carbons (Fsp3) is 0.417. The molecule has 86 valence electrons. The Kier molecular flexibility index (Phi) is 3.10. The lowest BCUT2D eigenvalue weighted by molar-refractivity contribution is -0.117. The molecule has 2 rings (SSSR count). The first-order chi connectivity index (χ1) is 7.66. The van der Waals surface area contributed by atoms with Gasteiger partial charge >= 0.3 is 0 Å². The maximum Gasteiger partial charge on any atom is 0.240 e. The summed E-state index contributed by atoms with van der Waals surface area (Å²) < 4.78 is 0. The highest BCUT2D eigenvalue weighted by atomic mass is 16.3. The Morgan fingerprint density at radius 1 is 1.44 bits per heavy atom. The average molecular weight is 220 g/mol. The molecule has 1 aliphatic carbocycles. The second-order valence-electron chi connectivity index (χ2n) is 4.12. The highest BCUT2D eigenvalue weighted by Crippen LogP contribution is 2.19. The van der Waals surface area contributed by atoms with Crippen LogP contribution in [-0.4, -0.2) is 30.6 Å². The molecule has 0 bridgehead atoms. The Hall–Kier alpha value is -1.55. The molecule has 0 aromatic heterocycles. The van der Waals surface area contributed by atoms with Crippen LogP contribution >= 0.6 is 0 Å². The molecule has 1 aromatic rings. The zero-order valence-electron chi connectivity index (χ0n) is 9.31. The minimum absolute atomic E-state index is 0.0394. The Labute approximate surface area is 94.9 Å². The fourth-order valence-corrected chi connectivity index (χ4v) is 1.46. The average Bonchev–Trinajstić information content (AvgIpc) is 3.10. The first-order valence-corrected chi connectivity index (χ1v) is 5.46. The van der Waals surface area contributed by atoms with Crippen LogP contribution in [0.4, 0.5) is 5.69 Å². The maximum absolute atomic E-state index is 11.8. The van der Waals surface area contributed by atoms with Crippen LogP contribution in [0.15, 0.2) is 24.3 Å². The molecule has 1 aliphatic rings. The highest BCUT2D eigenvalue weighted by Gasteiger charge is 2.22. The summed E-state index contributed by atoms with van der Waals surface area (Å²) in [7, 11) is 1.74. The van der Waals surface area contributed by atoms with Crippen molar-refractivity contribution in [1.29, 1.82) is 0 Å². The molecule has 0 spiro atoms. The van der Waals surface area contributed by atoms with Gasteiger partial charge in [-0.25, -0.2) is 0 Å². The topological polar surface area (TPSA) is 52.6 Å². The maximum atomic E-state index is 11.8. The third-order valence-corrected chi connectivity index (χ3v) is 2.73. The van der Waals surface area contributed by atoms with E-state index in [1.807, 2.05) is 0 Å². The van der Waals surface area contributed by atoms with Gasteiger partial charge in [0.05, 0.1) is 6.54 Å². The molecule has 0 atom stereocenters. The molecule has 4 nitrogen and oxygen atoms in total. The molecule has 0 heterocycles. The van der Waals surface area contributed by atoms with Gasteiger partial charge in [0, 0.05) is 18.8 Å². The van der Waals surface area contributed by atoms with E-state index >= 15 is 0 Å². The first kappa shape index (κ1) is 11.0. The van der Waals surface area contributed by atoms with Crippen LogP contribution < -0.4 is 10.2 Å². The van der Waals surface area contributed by atoms with Crippen molar-refractivity contribution in [3.05, 3.63) is 24.3 Å². The number of phenolic OH excluding ortho intramolecular Hbond substituents is 1. The largest absolute Gasteiger partial charge is 0.508 e. The molecule has 0 radical (unpaired) electrons. The first-order valence-electron chi connectivity index (χ1n) is 5.46. The van der Waals surface area contributed by atoms with E-state index in [9.17, 15) is 4.79 Å². The van der Waals surface area contributed by atoms with E-state index in [4.69, 9.17) is 5.11 Å². The molecular weight excluding hydrogens is 204 g/mol. The van der Waals surface area contributed by atoms with Crippen LogP contribution in [-0.2, 0) is 4.79 Å². The van der Waals surface area contributed by atoms with Crippen LogP contribution in [0.1, 0.15) is 12.8 Å². The predicted octanol–water partition coefficient (Wildman–Crippen LogP) is 1.11. The minimum Gasteiger partial charge on any atom is -0.508 e. The van der Waals surface area contributed by atoms with Crippen molar-refractivity contribution in [3.8, 4) is 5.75 Å². The summed E-state index contributed by atoms with van der Waals surface area (Å²) in [5.74, 6) is 0.248. The molecular formula is C12H16N2O2. The number of aromatic hydroxyl groups is 1. The van der Waals surface area contributed by atoms with Gasteiger partial charge in [-0.05, 0) is 37.1 Å². The molecule has 0 aliphatic heterocycles. The Morgan fingerprint density at radius 3 is 2.62 bits per heavy atom. The molecule has 16 heavy (non-hydrogen) atoms. The fourth-order valence-electron chi connectivity index (χ4n) is 1.46. The number of likely N-dealkylation sites (N-methyl/N-ethyl adjacent to an activating group) is 1. The van der Waals surface area contributed by atoms with Crippen molar-refractivity contribution >= 4 is 11.6 Å². The third kappa shape index (κ3) is 2.73. The van der Waals surface area contributed by atoms with E-state index in [2.05, 4.69) is 5.32 Å². The van der Waals surface area contributed by atoms with Crippen LogP contribution in [0, 0.1) is 0 Å². The smallest absolute Gasteiger partial charge is 0.240 e. The highest BCUT2D eigenvalue weighted by molar-refractivity contribution is 5.94. The molecule has 4 heteroatoms. The van der Waals surface area contributed by atoms with Gasteiger partial charge in [-0.1, -0.05) is 0 Å². The number of hydrogen-bond acceptors (Lipinski definition) is 3. The van der Waals surface area contributed by atoms with Gasteiger partial charge in [0.2, 0.25) is 5.91 Å². The number of phenols is 1. The van der Waals surface area contributed by atoms with Crippen molar-refractivity contribution < 1.29 is 9.90 Å². The number of nitrogens with zero attached hydrogens (tertiary/aromatic N) is 1. The van der Waals surface area contributed by atoms with Gasteiger partial charge in [0.25, 0.3) is 0 Å². The summed E-state index contributed by atoms with van der Waals surface area (Å²) in [6.45, 7) is 0.377. The number of carbonyl (C=O) groups excluding carboxylic acids is 1. The molecule has 1 aromatic carbocycles. The number of rotatable bonds is 4. The van der Waals surface area contributed by atoms with Gasteiger partial charge < -0.3 is 15.3 Å².